The van der Waals surface area contributed by atoms with Crippen LogP contribution in [-0.4, -0.2) is 53.1 Å². The van der Waals surface area contributed by atoms with Gasteiger partial charge in [-0.25, -0.2) is 4.79 Å². The zero-order chi connectivity index (χ0) is 15.3. The zero-order valence-electron chi connectivity index (χ0n) is 12.2. The number of urea groups is 1. The Bertz CT molecular complexity index is 390. The number of aliphatic carboxylic acids is 1. The van der Waals surface area contributed by atoms with Crippen LogP contribution in [-0.2, 0) is 9.59 Å². The van der Waals surface area contributed by atoms with Crippen LogP contribution >= 0.6 is 0 Å². The Balaban J connectivity index is 2.39. The third kappa shape index (κ3) is 5.46. The Morgan fingerprint density at radius 3 is 2.50 bits per heavy atom. The third-order valence-corrected chi connectivity index (χ3v) is 2.97. The minimum absolute atomic E-state index is 0.107. The van der Waals surface area contributed by atoms with Crippen molar-refractivity contribution in [3.8, 4) is 0 Å². The maximum absolute atomic E-state index is 11.9. The molecule has 0 bridgehead atoms. The highest BCUT2D eigenvalue weighted by Crippen LogP contribution is 2.16. The molecule has 20 heavy (non-hydrogen) atoms. The van der Waals surface area contributed by atoms with Crippen molar-refractivity contribution in [1.82, 2.24) is 15.5 Å². The maximum atomic E-state index is 11.9. The van der Waals surface area contributed by atoms with Crippen molar-refractivity contribution in [2.24, 2.45) is 5.92 Å². The van der Waals surface area contributed by atoms with Crippen molar-refractivity contribution in [3.05, 3.63) is 0 Å². The molecule has 0 spiro atoms. The summed E-state index contributed by atoms with van der Waals surface area (Å²) in [6.45, 7) is 6.18. The molecule has 7 nitrogen and oxygen atoms in total. The molecule has 1 aliphatic heterocycles. The molecule has 1 fully saturated rings. The summed E-state index contributed by atoms with van der Waals surface area (Å²) in [6.07, 6.45) is 1.25. The lowest BCUT2D eigenvalue weighted by molar-refractivity contribution is -0.143. The Kier molecular flexibility index (Phi) is 5.35. The Labute approximate surface area is 118 Å². The first-order valence-electron chi connectivity index (χ1n) is 6.75. The summed E-state index contributed by atoms with van der Waals surface area (Å²) in [6, 6.07) is -0.389. The second kappa shape index (κ2) is 6.58. The van der Waals surface area contributed by atoms with E-state index >= 15 is 0 Å². The SMILES string of the molecule is CC(C)(C)NC(=O)CNC(=O)N1CCCC(C(=O)O)C1. The molecular weight excluding hydrogens is 262 g/mol. The van der Waals surface area contributed by atoms with E-state index in [0.717, 1.165) is 0 Å². The lowest BCUT2D eigenvalue weighted by Crippen LogP contribution is -2.51. The number of carboxylic acid groups (broad SMARTS) is 1. The zero-order valence-corrected chi connectivity index (χ0v) is 12.2. The smallest absolute Gasteiger partial charge is 0.317 e. The summed E-state index contributed by atoms with van der Waals surface area (Å²) >= 11 is 0. The fourth-order valence-corrected chi connectivity index (χ4v) is 2.09. The van der Waals surface area contributed by atoms with Crippen molar-refractivity contribution in [2.45, 2.75) is 39.2 Å². The predicted molar refractivity (Wildman–Crippen MR) is 73.2 cm³/mol. The van der Waals surface area contributed by atoms with Crippen LogP contribution < -0.4 is 10.6 Å². The van der Waals surface area contributed by atoms with Crippen LogP contribution in [0.1, 0.15) is 33.6 Å². The molecule has 1 atom stereocenters. The molecule has 0 aromatic rings. The number of carboxylic acids is 1. The van der Waals surface area contributed by atoms with Crippen LogP contribution in [0.25, 0.3) is 0 Å². The first kappa shape index (κ1) is 16.3. The van der Waals surface area contributed by atoms with E-state index in [1.807, 2.05) is 20.8 Å². The lowest BCUT2D eigenvalue weighted by Gasteiger charge is -2.30. The molecule has 114 valence electrons. The summed E-state index contributed by atoms with van der Waals surface area (Å²) in [7, 11) is 0. The van der Waals surface area contributed by atoms with Gasteiger partial charge in [0.25, 0.3) is 0 Å². The van der Waals surface area contributed by atoms with Gasteiger partial charge in [-0.3, -0.25) is 9.59 Å². The van der Waals surface area contributed by atoms with Gasteiger partial charge in [0.1, 0.15) is 0 Å². The summed E-state index contributed by atoms with van der Waals surface area (Å²) in [5.41, 5.74) is -0.346. The van der Waals surface area contributed by atoms with E-state index in [-0.39, 0.29) is 30.6 Å². The lowest BCUT2D eigenvalue weighted by atomic mass is 9.99. The maximum Gasteiger partial charge on any atom is 0.317 e. The van der Waals surface area contributed by atoms with Gasteiger partial charge in [-0.2, -0.15) is 0 Å². The second-order valence-electron chi connectivity index (χ2n) is 6.08. The number of carbonyl (C=O) groups is 3. The van der Waals surface area contributed by atoms with Crippen LogP contribution in [0.5, 0.6) is 0 Å². The molecule has 0 aliphatic carbocycles. The van der Waals surface area contributed by atoms with Crippen molar-refractivity contribution in [1.29, 1.82) is 0 Å². The van der Waals surface area contributed by atoms with Crippen LogP contribution in [0.4, 0.5) is 4.79 Å². The highest BCUT2D eigenvalue weighted by atomic mass is 16.4. The molecule has 1 rings (SSSR count). The van der Waals surface area contributed by atoms with Crippen molar-refractivity contribution in [2.75, 3.05) is 19.6 Å². The van der Waals surface area contributed by atoms with Crippen LogP contribution in [0.3, 0.4) is 0 Å². The topological polar surface area (TPSA) is 98.7 Å². The second-order valence-corrected chi connectivity index (χ2v) is 6.08. The molecule has 7 heteroatoms. The fourth-order valence-electron chi connectivity index (χ4n) is 2.09. The molecule has 1 unspecified atom stereocenters. The van der Waals surface area contributed by atoms with E-state index in [9.17, 15) is 14.4 Å². The standard InChI is InChI=1S/C13H23N3O4/c1-13(2,3)15-10(17)7-14-12(20)16-6-4-5-9(8-16)11(18)19/h9H,4-8H2,1-3H3,(H,14,20)(H,15,17)(H,18,19). The van der Waals surface area contributed by atoms with Crippen LogP contribution in [0, 0.1) is 5.92 Å². The summed E-state index contributed by atoms with van der Waals surface area (Å²) < 4.78 is 0. The largest absolute Gasteiger partial charge is 0.481 e. The predicted octanol–water partition coefficient (Wildman–Crippen LogP) is 0.407. The Morgan fingerprint density at radius 2 is 1.95 bits per heavy atom. The molecule has 1 saturated heterocycles. The molecule has 3 amide bonds. The quantitative estimate of drug-likeness (QED) is 0.699. The van der Waals surface area contributed by atoms with E-state index in [1.165, 1.54) is 4.90 Å². The van der Waals surface area contributed by atoms with Crippen molar-refractivity contribution >= 4 is 17.9 Å². The molecule has 0 radical (unpaired) electrons. The van der Waals surface area contributed by atoms with Gasteiger partial charge in [-0.05, 0) is 33.6 Å². The van der Waals surface area contributed by atoms with Gasteiger partial charge in [-0.15, -0.1) is 0 Å². The number of rotatable bonds is 3. The molecular formula is C13H23N3O4. The highest BCUT2D eigenvalue weighted by molar-refractivity contribution is 5.84. The molecule has 0 aromatic heterocycles. The van der Waals surface area contributed by atoms with Gasteiger partial charge in [0, 0.05) is 18.6 Å². The van der Waals surface area contributed by atoms with Crippen LogP contribution in [0.2, 0.25) is 0 Å². The fraction of sp³-hybridized carbons (Fsp3) is 0.769. The van der Waals surface area contributed by atoms with E-state index < -0.39 is 11.9 Å². The molecule has 1 heterocycles. The van der Waals surface area contributed by atoms with Crippen molar-refractivity contribution < 1.29 is 19.5 Å². The van der Waals surface area contributed by atoms with Crippen LogP contribution in [0.15, 0.2) is 0 Å². The minimum Gasteiger partial charge on any atom is -0.481 e. The Morgan fingerprint density at radius 1 is 1.30 bits per heavy atom. The number of carbonyl (C=O) groups excluding carboxylic acids is 2. The van der Waals surface area contributed by atoms with Gasteiger partial charge in [0.2, 0.25) is 5.91 Å². The molecule has 0 saturated carbocycles. The number of piperidine rings is 1. The number of likely N-dealkylation sites (tertiary alicyclic amines) is 1. The van der Waals surface area contributed by atoms with E-state index in [1.54, 1.807) is 0 Å². The summed E-state index contributed by atoms with van der Waals surface area (Å²) in [5, 5.41) is 14.2. The van der Waals surface area contributed by atoms with Gasteiger partial charge < -0.3 is 20.6 Å². The van der Waals surface area contributed by atoms with E-state index in [4.69, 9.17) is 5.11 Å². The molecule has 3 N–H and O–H groups in total. The summed E-state index contributed by atoms with van der Waals surface area (Å²) in [5.74, 6) is -1.66. The van der Waals surface area contributed by atoms with E-state index in [2.05, 4.69) is 10.6 Å². The average Bonchev–Trinajstić information content (AvgIpc) is 2.34. The summed E-state index contributed by atoms with van der Waals surface area (Å²) in [4.78, 5) is 35.8. The van der Waals surface area contributed by atoms with Gasteiger partial charge in [0.15, 0.2) is 0 Å². The number of nitrogens with zero attached hydrogens (tertiary/aromatic N) is 1. The number of hydrogen-bond acceptors (Lipinski definition) is 3. The number of nitrogens with one attached hydrogen (secondary N) is 2. The first-order chi connectivity index (χ1) is 9.19. The van der Waals surface area contributed by atoms with Gasteiger partial charge in [0.05, 0.1) is 12.5 Å². The normalized spacial score (nSPS) is 19.4. The average molecular weight is 285 g/mol. The number of hydrogen-bond donors (Lipinski definition) is 3. The molecule has 1 aliphatic rings. The van der Waals surface area contributed by atoms with Crippen molar-refractivity contribution in [3.63, 3.8) is 0 Å². The Hall–Kier alpha value is -1.79. The molecule has 0 aromatic carbocycles. The first-order valence-corrected chi connectivity index (χ1v) is 6.75. The third-order valence-electron chi connectivity index (χ3n) is 2.97. The minimum atomic E-state index is -0.882. The van der Waals surface area contributed by atoms with Gasteiger partial charge in [-0.1, -0.05) is 0 Å². The number of amides is 3. The van der Waals surface area contributed by atoms with E-state index in [0.29, 0.717) is 19.4 Å². The highest BCUT2D eigenvalue weighted by Gasteiger charge is 2.28. The van der Waals surface area contributed by atoms with Gasteiger partial charge >= 0.3 is 12.0 Å². The monoisotopic (exact) mass is 285 g/mol.